The number of hydrogen-bond donors (Lipinski definition) is 1. The summed E-state index contributed by atoms with van der Waals surface area (Å²) in [4.78, 5) is 4.18. The van der Waals surface area contributed by atoms with Gasteiger partial charge in [0.15, 0.2) is 0 Å². The summed E-state index contributed by atoms with van der Waals surface area (Å²) in [6.45, 7) is 2.06. The lowest BCUT2D eigenvalue weighted by Crippen LogP contribution is -2.19. The van der Waals surface area contributed by atoms with Gasteiger partial charge in [-0.2, -0.15) is 0 Å². The molecule has 1 unspecified atom stereocenters. The van der Waals surface area contributed by atoms with E-state index >= 15 is 0 Å². The third kappa shape index (κ3) is 2.66. The second kappa shape index (κ2) is 5.70. The van der Waals surface area contributed by atoms with Crippen molar-refractivity contribution in [3.63, 3.8) is 0 Å². The van der Waals surface area contributed by atoms with Crippen molar-refractivity contribution in [1.82, 2.24) is 10.3 Å². The third-order valence-corrected chi connectivity index (χ3v) is 3.52. The van der Waals surface area contributed by atoms with Gasteiger partial charge in [0.05, 0.1) is 6.04 Å². The van der Waals surface area contributed by atoms with Gasteiger partial charge in [0.1, 0.15) is 0 Å². The van der Waals surface area contributed by atoms with Gasteiger partial charge in [0, 0.05) is 22.4 Å². The summed E-state index contributed by atoms with van der Waals surface area (Å²) < 4.78 is 0. The summed E-state index contributed by atoms with van der Waals surface area (Å²) in [5, 5.41) is 4.57. The standard InChI is InChI=1S/C14H14Cl2N2/c1-9-5-6-18-8-12(9)14(17-2)11-4-3-10(15)7-13(11)16/h3-8,14,17H,1-2H3. The number of hydrogen-bond acceptors (Lipinski definition) is 2. The van der Waals surface area contributed by atoms with Gasteiger partial charge in [-0.05, 0) is 48.9 Å². The Kier molecular flexibility index (Phi) is 4.23. The van der Waals surface area contributed by atoms with Gasteiger partial charge in [0.2, 0.25) is 0 Å². The van der Waals surface area contributed by atoms with Crippen molar-refractivity contribution in [2.45, 2.75) is 13.0 Å². The number of aryl methyl sites for hydroxylation is 1. The molecule has 0 spiro atoms. The van der Waals surface area contributed by atoms with E-state index in [9.17, 15) is 0 Å². The molecule has 1 atom stereocenters. The summed E-state index contributed by atoms with van der Waals surface area (Å²) in [5.41, 5.74) is 3.29. The Morgan fingerprint density at radius 2 is 1.94 bits per heavy atom. The van der Waals surface area contributed by atoms with Gasteiger partial charge in [0.25, 0.3) is 0 Å². The van der Waals surface area contributed by atoms with Crippen LogP contribution in [0.2, 0.25) is 10.0 Å². The number of benzene rings is 1. The molecule has 1 aromatic carbocycles. The molecule has 0 radical (unpaired) electrons. The number of rotatable bonds is 3. The van der Waals surface area contributed by atoms with Gasteiger partial charge in [-0.15, -0.1) is 0 Å². The molecule has 0 aliphatic carbocycles. The second-order valence-corrected chi connectivity index (χ2v) is 4.96. The highest BCUT2D eigenvalue weighted by Crippen LogP contribution is 2.31. The van der Waals surface area contributed by atoms with Crippen molar-refractivity contribution >= 4 is 23.2 Å². The molecule has 0 saturated carbocycles. The lowest BCUT2D eigenvalue weighted by atomic mass is 9.97. The van der Waals surface area contributed by atoms with Crippen LogP contribution in [0.1, 0.15) is 22.7 Å². The predicted molar refractivity (Wildman–Crippen MR) is 76.3 cm³/mol. The molecule has 2 nitrogen and oxygen atoms in total. The van der Waals surface area contributed by atoms with Crippen molar-refractivity contribution < 1.29 is 0 Å². The molecular formula is C14H14Cl2N2. The average Bonchev–Trinajstić information content (AvgIpc) is 2.34. The molecule has 0 fully saturated rings. The molecule has 2 aromatic rings. The van der Waals surface area contributed by atoms with E-state index in [0.717, 1.165) is 11.1 Å². The van der Waals surface area contributed by atoms with Gasteiger partial charge in [-0.1, -0.05) is 29.3 Å². The quantitative estimate of drug-likeness (QED) is 0.919. The Morgan fingerprint density at radius 3 is 2.56 bits per heavy atom. The van der Waals surface area contributed by atoms with Gasteiger partial charge < -0.3 is 5.32 Å². The van der Waals surface area contributed by atoms with Crippen LogP contribution in [0.25, 0.3) is 0 Å². The molecule has 4 heteroatoms. The maximum Gasteiger partial charge on any atom is 0.0606 e. The summed E-state index contributed by atoms with van der Waals surface area (Å²) >= 11 is 12.2. The Hall–Kier alpha value is -1.09. The van der Waals surface area contributed by atoms with Crippen LogP contribution in [-0.4, -0.2) is 12.0 Å². The van der Waals surface area contributed by atoms with E-state index in [1.165, 1.54) is 5.56 Å². The summed E-state index contributed by atoms with van der Waals surface area (Å²) in [7, 11) is 1.90. The third-order valence-electron chi connectivity index (χ3n) is 2.95. The molecule has 18 heavy (non-hydrogen) atoms. The Bertz CT molecular complexity index is 555. The summed E-state index contributed by atoms with van der Waals surface area (Å²) in [6, 6.07) is 7.55. The van der Waals surface area contributed by atoms with Crippen molar-refractivity contribution in [3.05, 3.63) is 63.4 Å². The van der Waals surface area contributed by atoms with Crippen LogP contribution < -0.4 is 5.32 Å². The minimum absolute atomic E-state index is 0.0171. The van der Waals surface area contributed by atoms with Gasteiger partial charge in [-0.25, -0.2) is 0 Å². The van der Waals surface area contributed by atoms with Crippen molar-refractivity contribution in [2.75, 3.05) is 7.05 Å². The van der Waals surface area contributed by atoms with Crippen LogP contribution in [0.4, 0.5) is 0 Å². The Balaban J connectivity index is 2.49. The Labute approximate surface area is 117 Å². The predicted octanol–water partition coefficient (Wildman–Crippen LogP) is 4.01. The van der Waals surface area contributed by atoms with E-state index in [1.54, 1.807) is 12.3 Å². The SMILES string of the molecule is CNC(c1cnccc1C)c1ccc(Cl)cc1Cl. The smallest absolute Gasteiger partial charge is 0.0606 e. The van der Waals surface area contributed by atoms with Crippen LogP contribution in [0, 0.1) is 6.92 Å². The first-order valence-corrected chi connectivity index (χ1v) is 6.42. The lowest BCUT2D eigenvalue weighted by molar-refractivity contribution is 0.684. The van der Waals surface area contributed by atoms with Gasteiger partial charge >= 0.3 is 0 Å². The zero-order valence-electron chi connectivity index (χ0n) is 10.2. The molecular weight excluding hydrogens is 267 g/mol. The van der Waals surface area contributed by atoms with Gasteiger partial charge in [-0.3, -0.25) is 4.98 Å². The van der Waals surface area contributed by atoms with Crippen LogP contribution in [-0.2, 0) is 0 Å². The number of aromatic nitrogens is 1. The van der Waals surface area contributed by atoms with Crippen molar-refractivity contribution in [1.29, 1.82) is 0 Å². The summed E-state index contributed by atoms with van der Waals surface area (Å²) in [6.07, 6.45) is 3.65. The first-order valence-electron chi connectivity index (χ1n) is 5.66. The van der Waals surface area contributed by atoms with E-state index in [-0.39, 0.29) is 6.04 Å². The van der Waals surface area contributed by atoms with E-state index in [4.69, 9.17) is 23.2 Å². The fraction of sp³-hybridized carbons (Fsp3) is 0.214. The van der Waals surface area contributed by atoms with Crippen LogP contribution >= 0.6 is 23.2 Å². The molecule has 1 heterocycles. The molecule has 0 aliphatic rings. The molecule has 94 valence electrons. The average molecular weight is 281 g/mol. The van der Waals surface area contributed by atoms with E-state index in [1.807, 2.05) is 31.4 Å². The maximum absolute atomic E-state index is 6.26. The number of nitrogens with one attached hydrogen (secondary N) is 1. The van der Waals surface area contributed by atoms with Crippen LogP contribution in [0.3, 0.4) is 0 Å². The molecule has 1 aromatic heterocycles. The number of nitrogens with zero attached hydrogens (tertiary/aromatic N) is 1. The first kappa shape index (κ1) is 13.3. The molecule has 0 aliphatic heterocycles. The molecule has 2 rings (SSSR count). The summed E-state index contributed by atoms with van der Waals surface area (Å²) in [5.74, 6) is 0. The zero-order valence-corrected chi connectivity index (χ0v) is 11.8. The highest BCUT2D eigenvalue weighted by atomic mass is 35.5. The maximum atomic E-state index is 6.26. The lowest BCUT2D eigenvalue weighted by Gasteiger charge is -2.20. The molecule has 1 N–H and O–H groups in total. The normalized spacial score (nSPS) is 12.4. The van der Waals surface area contributed by atoms with Crippen molar-refractivity contribution in [2.24, 2.45) is 0 Å². The van der Waals surface area contributed by atoms with Crippen LogP contribution in [0.5, 0.6) is 0 Å². The van der Waals surface area contributed by atoms with E-state index in [2.05, 4.69) is 17.2 Å². The zero-order chi connectivity index (χ0) is 13.1. The fourth-order valence-electron chi connectivity index (χ4n) is 1.99. The number of pyridine rings is 1. The fourth-order valence-corrected chi connectivity index (χ4v) is 2.51. The van der Waals surface area contributed by atoms with E-state index in [0.29, 0.717) is 10.0 Å². The Morgan fingerprint density at radius 1 is 1.17 bits per heavy atom. The number of halogens is 2. The monoisotopic (exact) mass is 280 g/mol. The minimum atomic E-state index is 0.0171. The molecule has 0 saturated heterocycles. The van der Waals surface area contributed by atoms with Crippen molar-refractivity contribution in [3.8, 4) is 0 Å². The van der Waals surface area contributed by atoms with E-state index < -0.39 is 0 Å². The first-order chi connectivity index (χ1) is 8.63. The largest absolute Gasteiger partial charge is 0.309 e. The topological polar surface area (TPSA) is 24.9 Å². The minimum Gasteiger partial charge on any atom is -0.309 e. The van der Waals surface area contributed by atoms with Crippen LogP contribution in [0.15, 0.2) is 36.7 Å². The highest BCUT2D eigenvalue weighted by Gasteiger charge is 2.17. The molecule has 0 bridgehead atoms. The highest BCUT2D eigenvalue weighted by molar-refractivity contribution is 6.35. The second-order valence-electron chi connectivity index (χ2n) is 4.12. The molecule has 0 amide bonds.